The van der Waals surface area contributed by atoms with Gasteiger partial charge in [-0.3, -0.25) is 9.36 Å². The summed E-state index contributed by atoms with van der Waals surface area (Å²) in [5.41, 5.74) is 1.98. The van der Waals surface area contributed by atoms with Crippen LogP contribution in [-0.4, -0.2) is 68.4 Å². The Labute approximate surface area is 194 Å². The molecule has 3 aromatic rings. The summed E-state index contributed by atoms with van der Waals surface area (Å²) in [7, 11) is 1.94. The van der Waals surface area contributed by atoms with Gasteiger partial charge in [0.25, 0.3) is 0 Å². The second kappa shape index (κ2) is 10.3. The SMILES string of the molecule is CC(C)N1CCC(N(C)C(=O)CSc2nnc(-c3ccccc3)n2-c2ccccc2)CC1. The van der Waals surface area contributed by atoms with Crippen LogP contribution >= 0.6 is 11.8 Å². The summed E-state index contributed by atoms with van der Waals surface area (Å²) in [6, 6.07) is 21.0. The van der Waals surface area contributed by atoms with Gasteiger partial charge in [-0.2, -0.15) is 0 Å². The van der Waals surface area contributed by atoms with E-state index in [2.05, 4.69) is 28.9 Å². The lowest BCUT2D eigenvalue weighted by molar-refractivity contribution is -0.130. The molecule has 6 nitrogen and oxygen atoms in total. The zero-order chi connectivity index (χ0) is 22.5. The Kier molecular flexibility index (Phi) is 7.27. The van der Waals surface area contributed by atoms with Gasteiger partial charge in [0.05, 0.1) is 5.75 Å². The summed E-state index contributed by atoms with van der Waals surface area (Å²) in [4.78, 5) is 17.4. The first-order valence-electron chi connectivity index (χ1n) is 11.2. The molecule has 1 fully saturated rings. The number of amides is 1. The van der Waals surface area contributed by atoms with Gasteiger partial charge >= 0.3 is 0 Å². The Balaban J connectivity index is 1.48. The van der Waals surface area contributed by atoms with Gasteiger partial charge < -0.3 is 9.80 Å². The number of carbonyl (C=O) groups is 1. The molecule has 7 heteroatoms. The molecule has 32 heavy (non-hydrogen) atoms. The van der Waals surface area contributed by atoms with Crippen LogP contribution in [0.15, 0.2) is 65.8 Å². The van der Waals surface area contributed by atoms with Crippen LogP contribution in [0.5, 0.6) is 0 Å². The van der Waals surface area contributed by atoms with Crippen LogP contribution in [0.2, 0.25) is 0 Å². The van der Waals surface area contributed by atoms with Crippen molar-refractivity contribution in [3.8, 4) is 17.1 Å². The van der Waals surface area contributed by atoms with Crippen LogP contribution in [0, 0.1) is 0 Å². The van der Waals surface area contributed by atoms with Crippen molar-refractivity contribution in [2.24, 2.45) is 0 Å². The van der Waals surface area contributed by atoms with E-state index >= 15 is 0 Å². The number of piperidine rings is 1. The van der Waals surface area contributed by atoms with Crippen molar-refractivity contribution in [3.05, 3.63) is 60.7 Å². The molecule has 0 saturated carbocycles. The number of hydrogen-bond donors (Lipinski definition) is 0. The quantitative estimate of drug-likeness (QED) is 0.502. The van der Waals surface area contributed by atoms with E-state index in [4.69, 9.17) is 0 Å². The summed E-state index contributed by atoms with van der Waals surface area (Å²) in [5, 5.41) is 9.63. The van der Waals surface area contributed by atoms with Gasteiger partial charge in [-0.15, -0.1) is 10.2 Å². The number of benzene rings is 2. The van der Waals surface area contributed by atoms with Gasteiger partial charge in [0.1, 0.15) is 0 Å². The standard InChI is InChI=1S/C25H31N5OS/c1-19(2)29-16-14-21(15-17-29)28(3)23(31)18-32-25-27-26-24(20-10-6-4-7-11-20)30(25)22-12-8-5-9-13-22/h4-13,19,21H,14-18H2,1-3H3. The van der Waals surface area contributed by atoms with Crippen molar-refractivity contribution in [1.82, 2.24) is 24.6 Å². The molecule has 1 aliphatic rings. The predicted octanol–water partition coefficient (Wildman–Crippen LogP) is 4.36. The van der Waals surface area contributed by atoms with E-state index in [1.54, 1.807) is 0 Å². The molecule has 0 spiro atoms. The fraction of sp³-hybridized carbons (Fsp3) is 0.400. The minimum Gasteiger partial charge on any atom is -0.342 e. The molecule has 4 rings (SSSR count). The average Bonchev–Trinajstić information content (AvgIpc) is 3.27. The van der Waals surface area contributed by atoms with Crippen molar-refractivity contribution >= 4 is 17.7 Å². The molecule has 0 unspecified atom stereocenters. The highest BCUT2D eigenvalue weighted by atomic mass is 32.2. The summed E-state index contributed by atoms with van der Waals surface area (Å²) in [6.45, 7) is 6.57. The molecule has 168 valence electrons. The Morgan fingerprint density at radius 1 is 1.03 bits per heavy atom. The smallest absolute Gasteiger partial charge is 0.233 e. The highest BCUT2D eigenvalue weighted by Crippen LogP contribution is 2.28. The molecule has 0 atom stereocenters. The third-order valence-corrected chi connectivity index (χ3v) is 7.09. The van der Waals surface area contributed by atoms with Gasteiger partial charge in [0.15, 0.2) is 11.0 Å². The highest BCUT2D eigenvalue weighted by molar-refractivity contribution is 7.99. The Bertz CT molecular complexity index is 1010. The monoisotopic (exact) mass is 449 g/mol. The Morgan fingerprint density at radius 3 is 2.28 bits per heavy atom. The largest absolute Gasteiger partial charge is 0.342 e. The van der Waals surface area contributed by atoms with Crippen molar-refractivity contribution in [2.75, 3.05) is 25.9 Å². The van der Waals surface area contributed by atoms with E-state index in [1.807, 2.05) is 77.2 Å². The molecule has 0 radical (unpaired) electrons. The Hall–Kier alpha value is -2.64. The average molecular weight is 450 g/mol. The maximum Gasteiger partial charge on any atom is 0.233 e. The number of rotatable bonds is 7. The molecule has 2 heterocycles. The maximum absolute atomic E-state index is 13.0. The van der Waals surface area contributed by atoms with Crippen molar-refractivity contribution in [1.29, 1.82) is 0 Å². The molecule has 1 aliphatic heterocycles. The summed E-state index contributed by atoms with van der Waals surface area (Å²) >= 11 is 1.45. The second-order valence-electron chi connectivity index (χ2n) is 8.50. The van der Waals surface area contributed by atoms with Crippen LogP contribution < -0.4 is 0 Å². The normalized spacial score (nSPS) is 15.2. The predicted molar refractivity (Wildman–Crippen MR) is 130 cm³/mol. The van der Waals surface area contributed by atoms with Crippen molar-refractivity contribution in [2.45, 2.75) is 43.9 Å². The molecular weight excluding hydrogens is 418 g/mol. The number of carbonyl (C=O) groups excluding carboxylic acids is 1. The summed E-state index contributed by atoms with van der Waals surface area (Å²) in [5.74, 6) is 1.27. The van der Waals surface area contributed by atoms with E-state index in [0.717, 1.165) is 48.2 Å². The number of hydrogen-bond acceptors (Lipinski definition) is 5. The second-order valence-corrected chi connectivity index (χ2v) is 9.44. The molecule has 0 N–H and O–H groups in total. The number of para-hydroxylation sites is 1. The van der Waals surface area contributed by atoms with Gasteiger partial charge in [-0.05, 0) is 38.8 Å². The zero-order valence-electron chi connectivity index (χ0n) is 19.0. The third-order valence-electron chi connectivity index (χ3n) is 6.17. The van der Waals surface area contributed by atoms with Crippen LogP contribution in [-0.2, 0) is 4.79 Å². The fourth-order valence-corrected chi connectivity index (χ4v) is 5.04. The van der Waals surface area contributed by atoms with E-state index in [-0.39, 0.29) is 5.91 Å². The fourth-order valence-electron chi connectivity index (χ4n) is 4.17. The van der Waals surface area contributed by atoms with E-state index in [1.165, 1.54) is 11.8 Å². The first kappa shape index (κ1) is 22.6. The molecule has 1 saturated heterocycles. The van der Waals surface area contributed by atoms with Crippen LogP contribution in [0.1, 0.15) is 26.7 Å². The molecule has 0 bridgehead atoms. The van der Waals surface area contributed by atoms with Crippen LogP contribution in [0.25, 0.3) is 17.1 Å². The molecule has 1 aromatic heterocycles. The summed E-state index contributed by atoms with van der Waals surface area (Å²) in [6.07, 6.45) is 2.06. The lowest BCUT2D eigenvalue weighted by Gasteiger charge is -2.38. The Morgan fingerprint density at radius 2 is 1.66 bits per heavy atom. The van der Waals surface area contributed by atoms with Crippen molar-refractivity contribution in [3.63, 3.8) is 0 Å². The van der Waals surface area contributed by atoms with Crippen molar-refractivity contribution < 1.29 is 4.79 Å². The van der Waals surface area contributed by atoms with Gasteiger partial charge in [-0.25, -0.2) is 0 Å². The lowest BCUT2D eigenvalue weighted by Crippen LogP contribution is -2.47. The first-order chi connectivity index (χ1) is 15.5. The molecule has 1 amide bonds. The minimum absolute atomic E-state index is 0.141. The maximum atomic E-state index is 13.0. The van der Waals surface area contributed by atoms with E-state index in [9.17, 15) is 4.79 Å². The molecular formula is C25H31N5OS. The lowest BCUT2D eigenvalue weighted by atomic mass is 10.0. The number of thioether (sulfide) groups is 1. The first-order valence-corrected chi connectivity index (χ1v) is 12.2. The van der Waals surface area contributed by atoms with Gasteiger partial charge in [0.2, 0.25) is 5.91 Å². The number of nitrogens with zero attached hydrogens (tertiary/aromatic N) is 5. The third kappa shape index (κ3) is 5.05. The van der Waals surface area contributed by atoms with Crippen LogP contribution in [0.4, 0.5) is 0 Å². The van der Waals surface area contributed by atoms with E-state index < -0.39 is 0 Å². The van der Waals surface area contributed by atoms with Gasteiger partial charge in [-0.1, -0.05) is 60.3 Å². The molecule has 2 aromatic carbocycles. The number of likely N-dealkylation sites (tertiary alicyclic amines) is 1. The molecule has 0 aliphatic carbocycles. The van der Waals surface area contributed by atoms with E-state index in [0.29, 0.717) is 17.8 Å². The highest BCUT2D eigenvalue weighted by Gasteiger charge is 2.27. The van der Waals surface area contributed by atoms with Gasteiger partial charge in [0, 0.05) is 43.5 Å². The zero-order valence-corrected chi connectivity index (χ0v) is 19.8. The number of aromatic nitrogens is 3. The van der Waals surface area contributed by atoms with Crippen LogP contribution in [0.3, 0.4) is 0 Å². The minimum atomic E-state index is 0.141. The topological polar surface area (TPSA) is 54.3 Å². The summed E-state index contributed by atoms with van der Waals surface area (Å²) < 4.78 is 2.04.